The van der Waals surface area contributed by atoms with E-state index in [0.29, 0.717) is 19.5 Å². The Morgan fingerprint density at radius 1 is 1.14 bits per heavy atom. The van der Waals surface area contributed by atoms with Gasteiger partial charge in [-0.1, -0.05) is 18.2 Å². The van der Waals surface area contributed by atoms with E-state index < -0.39 is 28.4 Å². The summed E-state index contributed by atoms with van der Waals surface area (Å²) in [4.78, 5) is 24.8. The van der Waals surface area contributed by atoms with E-state index in [1.165, 1.54) is 4.90 Å². The van der Waals surface area contributed by atoms with Crippen molar-refractivity contribution in [2.45, 2.75) is 24.3 Å². The third kappa shape index (κ3) is 4.55. The lowest BCUT2D eigenvalue weighted by Crippen LogP contribution is -2.42. The van der Waals surface area contributed by atoms with Gasteiger partial charge in [-0.05, 0) is 47.4 Å². The number of aliphatic carboxylic acids is 1. The Bertz CT molecular complexity index is 1010. The van der Waals surface area contributed by atoms with E-state index >= 15 is 0 Å². The van der Waals surface area contributed by atoms with Crippen LogP contribution >= 0.6 is 0 Å². The second-order valence-corrected chi connectivity index (χ2v) is 8.24. The number of rotatable bonds is 6. The third-order valence-electron chi connectivity index (χ3n) is 4.59. The highest BCUT2D eigenvalue weighted by molar-refractivity contribution is 7.89. The van der Waals surface area contributed by atoms with Gasteiger partial charge in [-0.3, -0.25) is 9.59 Å². The number of carboxylic acid groups (broad SMARTS) is 1. The van der Waals surface area contributed by atoms with Gasteiger partial charge < -0.3 is 10.0 Å². The topological polar surface area (TPSA) is 104 Å². The van der Waals surface area contributed by atoms with E-state index in [1.807, 2.05) is 6.07 Å². The number of hydrogen-bond donors (Lipinski definition) is 2. The number of amides is 1. The zero-order valence-corrected chi connectivity index (χ0v) is 15.7. The van der Waals surface area contributed by atoms with Crippen molar-refractivity contribution in [2.24, 2.45) is 0 Å². The third-order valence-corrected chi connectivity index (χ3v) is 6.01. The zero-order chi connectivity index (χ0) is 20.3. The Morgan fingerprint density at radius 2 is 1.86 bits per heavy atom. The van der Waals surface area contributed by atoms with Gasteiger partial charge in [0.15, 0.2) is 0 Å². The van der Waals surface area contributed by atoms with Crippen molar-refractivity contribution in [1.29, 1.82) is 0 Å². The Morgan fingerprint density at radius 3 is 2.54 bits per heavy atom. The predicted molar refractivity (Wildman–Crippen MR) is 98.5 cm³/mol. The van der Waals surface area contributed by atoms with Gasteiger partial charge in [0.1, 0.15) is 5.82 Å². The number of carbonyl (C=O) groups excluding carboxylic acids is 1. The predicted octanol–water partition coefficient (Wildman–Crippen LogP) is 1.32. The molecule has 0 aromatic heterocycles. The Hall–Kier alpha value is -2.78. The summed E-state index contributed by atoms with van der Waals surface area (Å²) < 4.78 is 39.6. The minimum absolute atomic E-state index is 0.0748. The quantitative estimate of drug-likeness (QED) is 0.753. The smallest absolute Gasteiger partial charge is 0.307 e. The molecule has 7 nitrogen and oxygen atoms in total. The van der Waals surface area contributed by atoms with E-state index in [0.717, 1.165) is 41.0 Å². The highest BCUT2D eigenvalue weighted by atomic mass is 32.2. The number of hydrogen-bond acceptors (Lipinski definition) is 4. The van der Waals surface area contributed by atoms with Gasteiger partial charge in [-0.15, -0.1) is 0 Å². The number of carboxylic acids is 1. The van der Waals surface area contributed by atoms with Crippen molar-refractivity contribution in [3.05, 3.63) is 65.0 Å². The molecule has 9 heteroatoms. The fourth-order valence-corrected chi connectivity index (χ4v) is 4.17. The first kappa shape index (κ1) is 20.0. The van der Waals surface area contributed by atoms with Crippen LogP contribution in [0.3, 0.4) is 0 Å². The van der Waals surface area contributed by atoms with Crippen LogP contribution in [0.15, 0.2) is 47.4 Å². The summed E-state index contributed by atoms with van der Waals surface area (Å²) >= 11 is 0. The van der Waals surface area contributed by atoms with E-state index in [4.69, 9.17) is 5.11 Å². The van der Waals surface area contributed by atoms with Crippen LogP contribution < -0.4 is 4.72 Å². The largest absolute Gasteiger partial charge is 0.481 e. The van der Waals surface area contributed by atoms with Crippen molar-refractivity contribution >= 4 is 21.9 Å². The normalized spacial score (nSPS) is 13.8. The molecule has 0 radical (unpaired) electrons. The first-order chi connectivity index (χ1) is 13.3. The number of fused-ring (bicyclic) bond motifs is 1. The molecule has 0 fully saturated rings. The van der Waals surface area contributed by atoms with Gasteiger partial charge in [0, 0.05) is 13.1 Å². The summed E-state index contributed by atoms with van der Waals surface area (Å²) in [5.41, 5.74) is 2.52. The van der Waals surface area contributed by atoms with Gasteiger partial charge in [-0.25, -0.2) is 17.5 Å². The first-order valence-electron chi connectivity index (χ1n) is 8.61. The molecule has 1 aliphatic rings. The number of sulfonamides is 1. The van der Waals surface area contributed by atoms with Crippen LogP contribution in [0.2, 0.25) is 0 Å². The highest BCUT2D eigenvalue weighted by Gasteiger charge is 2.24. The molecule has 0 unspecified atom stereocenters. The number of halogens is 1. The van der Waals surface area contributed by atoms with E-state index in [1.54, 1.807) is 12.1 Å². The summed E-state index contributed by atoms with van der Waals surface area (Å²) in [6.45, 7) is 0.254. The van der Waals surface area contributed by atoms with Crippen molar-refractivity contribution in [3.63, 3.8) is 0 Å². The van der Waals surface area contributed by atoms with Crippen molar-refractivity contribution in [2.75, 3.05) is 13.1 Å². The van der Waals surface area contributed by atoms with E-state index in [-0.39, 0.29) is 17.2 Å². The Balaban J connectivity index is 1.65. The maximum atomic E-state index is 12.9. The lowest BCUT2D eigenvalue weighted by Gasteiger charge is -2.30. The van der Waals surface area contributed by atoms with Crippen LogP contribution in [0, 0.1) is 5.82 Å². The van der Waals surface area contributed by atoms with Gasteiger partial charge in [0.25, 0.3) is 0 Å². The van der Waals surface area contributed by atoms with Crippen molar-refractivity contribution in [1.82, 2.24) is 9.62 Å². The monoisotopic (exact) mass is 406 g/mol. The molecule has 2 N–H and O–H groups in total. The van der Waals surface area contributed by atoms with Crippen LogP contribution in [-0.4, -0.2) is 43.4 Å². The molecule has 0 spiro atoms. The van der Waals surface area contributed by atoms with Gasteiger partial charge in [0.2, 0.25) is 15.9 Å². The van der Waals surface area contributed by atoms with Crippen LogP contribution in [0.25, 0.3) is 0 Å². The molecule has 1 heterocycles. The standard InChI is InChI=1S/C19H19FN2O5S/c20-15-4-6-16(7-5-15)28(26,27)21-11-18(23)22-9-8-17-13(10-19(24)25)2-1-3-14(17)12-22/h1-7,21H,8-12H2,(H,24,25). The summed E-state index contributed by atoms with van der Waals surface area (Å²) in [7, 11) is -3.92. The maximum Gasteiger partial charge on any atom is 0.307 e. The highest BCUT2D eigenvalue weighted by Crippen LogP contribution is 2.23. The van der Waals surface area contributed by atoms with Crippen LogP contribution in [0.5, 0.6) is 0 Å². The summed E-state index contributed by atoms with van der Waals surface area (Å²) in [5, 5.41) is 9.01. The molecule has 0 atom stereocenters. The molecule has 2 aromatic carbocycles. The number of benzene rings is 2. The second kappa shape index (κ2) is 8.07. The SMILES string of the molecule is O=C(O)Cc1cccc2c1CCN(C(=O)CNS(=O)(=O)c1ccc(F)cc1)C2. The number of nitrogens with one attached hydrogen (secondary N) is 1. The summed E-state index contributed by atoms with van der Waals surface area (Å²) in [6, 6.07) is 9.68. The average molecular weight is 406 g/mol. The molecule has 0 aliphatic carbocycles. The lowest BCUT2D eigenvalue weighted by atomic mass is 9.93. The van der Waals surface area contributed by atoms with Crippen molar-refractivity contribution in [3.8, 4) is 0 Å². The lowest BCUT2D eigenvalue weighted by molar-refractivity contribution is -0.136. The van der Waals surface area contributed by atoms with E-state index in [2.05, 4.69) is 4.72 Å². The second-order valence-electron chi connectivity index (χ2n) is 6.47. The van der Waals surface area contributed by atoms with Crippen LogP contribution in [0.4, 0.5) is 4.39 Å². The zero-order valence-electron chi connectivity index (χ0n) is 14.9. The molecule has 3 rings (SSSR count). The molecule has 0 bridgehead atoms. The minimum atomic E-state index is -3.92. The van der Waals surface area contributed by atoms with Gasteiger partial charge in [0.05, 0.1) is 17.9 Å². The first-order valence-corrected chi connectivity index (χ1v) is 10.1. The summed E-state index contributed by atoms with van der Waals surface area (Å²) in [5.74, 6) is -1.86. The van der Waals surface area contributed by atoms with E-state index in [9.17, 15) is 22.4 Å². The minimum Gasteiger partial charge on any atom is -0.481 e. The maximum absolute atomic E-state index is 12.9. The fourth-order valence-electron chi connectivity index (χ4n) is 3.20. The molecule has 2 aromatic rings. The number of nitrogens with zero attached hydrogens (tertiary/aromatic N) is 1. The molecule has 0 saturated heterocycles. The molecule has 1 aliphatic heterocycles. The van der Waals surface area contributed by atoms with Crippen LogP contribution in [0.1, 0.15) is 16.7 Å². The molecule has 0 saturated carbocycles. The average Bonchev–Trinajstić information content (AvgIpc) is 2.66. The summed E-state index contributed by atoms with van der Waals surface area (Å²) in [6.07, 6.45) is 0.434. The Kier molecular flexibility index (Phi) is 5.76. The number of carbonyl (C=O) groups is 2. The van der Waals surface area contributed by atoms with Crippen LogP contribution in [-0.2, 0) is 39.0 Å². The molecular weight excluding hydrogens is 387 g/mol. The Labute approximate surface area is 161 Å². The van der Waals surface area contributed by atoms with Gasteiger partial charge in [-0.2, -0.15) is 0 Å². The molecule has 148 valence electrons. The van der Waals surface area contributed by atoms with Gasteiger partial charge >= 0.3 is 5.97 Å². The molecule has 28 heavy (non-hydrogen) atoms. The fraction of sp³-hybridized carbons (Fsp3) is 0.263. The van der Waals surface area contributed by atoms with Crippen molar-refractivity contribution < 1.29 is 27.5 Å². The molecular formula is C19H19FN2O5S. The molecule has 1 amide bonds.